The molecule has 2 fully saturated rings. The summed E-state index contributed by atoms with van der Waals surface area (Å²) < 4.78 is 5.77. The maximum absolute atomic E-state index is 5.77. The van der Waals surface area contributed by atoms with Gasteiger partial charge in [-0.3, -0.25) is 0 Å². The monoisotopic (exact) mass is 240 g/mol. The Kier molecular flexibility index (Phi) is 5.26. The first-order valence-corrected chi connectivity index (χ1v) is 7.47. The van der Waals surface area contributed by atoms with E-state index in [1.54, 1.807) is 0 Å². The van der Waals surface area contributed by atoms with E-state index in [1.165, 1.54) is 57.8 Å². The normalized spacial score (nSPS) is 34.9. The molecule has 0 aromatic rings. The van der Waals surface area contributed by atoms with E-state index >= 15 is 0 Å². The predicted molar refractivity (Wildman–Crippen MR) is 70.3 cm³/mol. The zero-order valence-electron chi connectivity index (χ0n) is 11.5. The van der Waals surface area contributed by atoms with Crippen molar-refractivity contribution in [2.45, 2.75) is 90.1 Å². The highest BCUT2D eigenvalue weighted by Crippen LogP contribution is 2.24. The van der Waals surface area contributed by atoms with Crippen molar-refractivity contribution in [3.05, 3.63) is 0 Å². The third kappa shape index (κ3) is 3.94. The molecule has 100 valence electrons. The molecule has 3 heteroatoms. The lowest BCUT2D eigenvalue weighted by Crippen LogP contribution is -2.45. The van der Waals surface area contributed by atoms with Gasteiger partial charge >= 0.3 is 0 Å². The summed E-state index contributed by atoms with van der Waals surface area (Å²) in [6, 6.07) is 0.674. The molecule has 1 saturated heterocycles. The first-order valence-electron chi connectivity index (χ1n) is 7.47. The van der Waals surface area contributed by atoms with E-state index in [9.17, 15) is 0 Å². The summed E-state index contributed by atoms with van der Waals surface area (Å²) in [6.07, 6.45) is 13.0. The van der Waals surface area contributed by atoms with Crippen LogP contribution in [0.1, 0.15) is 71.6 Å². The summed E-state index contributed by atoms with van der Waals surface area (Å²) in [6.45, 7) is 4.26. The summed E-state index contributed by atoms with van der Waals surface area (Å²) >= 11 is 0. The van der Waals surface area contributed by atoms with Crippen molar-refractivity contribution in [2.75, 3.05) is 0 Å². The molecule has 3 nitrogen and oxygen atoms in total. The zero-order chi connectivity index (χ0) is 12.1. The summed E-state index contributed by atoms with van der Waals surface area (Å²) in [7, 11) is 0. The summed E-state index contributed by atoms with van der Waals surface area (Å²) in [5.74, 6) is 0. The number of hydrogen-bond acceptors (Lipinski definition) is 3. The highest BCUT2D eigenvalue weighted by Gasteiger charge is 2.31. The Bertz CT molecular complexity index is 212. The van der Waals surface area contributed by atoms with Gasteiger partial charge in [0.2, 0.25) is 0 Å². The maximum Gasteiger partial charge on any atom is 0.122 e. The van der Waals surface area contributed by atoms with Gasteiger partial charge in [0.1, 0.15) is 12.5 Å². The maximum atomic E-state index is 5.77. The smallest absolute Gasteiger partial charge is 0.122 e. The third-order valence-corrected chi connectivity index (χ3v) is 4.09. The Morgan fingerprint density at radius 3 is 1.88 bits per heavy atom. The first-order chi connectivity index (χ1) is 8.27. The van der Waals surface area contributed by atoms with Gasteiger partial charge in [0.05, 0.1) is 0 Å². The standard InChI is InChI=1S/C14H28N2O/c1-12-15-16(13(2)17-12)14-10-8-6-4-3-5-7-9-11-14/h12-15H,3-11H2,1-2H3. The van der Waals surface area contributed by atoms with Gasteiger partial charge in [-0.25, -0.2) is 10.4 Å². The summed E-state index contributed by atoms with van der Waals surface area (Å²) in [5, 5.41) is 2.37. The van der Waals surface area contributed by atoms with Gasteiger partial charge in [-0.05, 0) is 26.7 Å². The highest BCUT2D eigenvalue weighted by molar-refractivity contribution is 4.75. The van der Waals surface area contributed by atoms with Crippen molar-refractivity contribution < 1.29 is 4.74 Å². The molecule has 2 rings (SSSR count). The second-order valence-electron chi connectivity index (χ2n) is 5.62. The zero-order valence-corrected chi connectivity index (χ0v) is 11.5. The highest BCUT2D eigenvalue weighted by atomic mass is 16.6. The first kappa shape index (κ1) is 13.3. The molecule has 1 N–H and O–H groups in total. The molecule has 1 aliphatic carbocycles. The molecule has 1 aliphatic heterocycles. The van der Waals surface area contributed by atoms with Gasteiger partial charge in [-0.2, -0.15) is 0 Å². The average molecular weight is 240 g/mol. The van der Waals surface area contributed by atoms with E-state index < -0.39 is 0 Å². The number of hydrazine groups is 1. The van der Waals surface area contributed by atoms with Crippen molar-refractivity contribution in [1.29, 1.82) is 0 Å². The van der Waals surface area contributed by atoms with E-state index in [0.717, 1.165) is 0 Å². The fraction of sp³-hybridized carbons (Fsp3) is 1.00. The molecule has 0 spiro atoms. The van der Waals surface area contributed by atoms with Gasteiger partial charge in [-0.15, -0.1) is 0 Å². The molecule has 1 heterocycles. The minimum absolute atomic E-state index is 0.181. The van der Waals surface area contributed by atoms with Gasteiger partial charge in [0.15, 0.2) is 0 Å². The Labute approximate surface area is 106 Å². The van der Waals surface area contributed by atoms with Gasteiger partial charge < -0.3 is 4.74 Å². The average Bonchev–Trinajstić information content (AvgIpc) is 2.65. The van der Waals surface area contributed by atoms with Crippen molar-refractivity contribution in [3.8, 4) is 0 Å². The van der Waals surface area contributed by atoms with Gasteiger partial charge in [0.25, 0.3) is 0 Å². The second-order valence-corrected chi connectivity index (χ2v) is 5.62. The van der Waals surface area contributed by atoms with Crippen molar-refractivity contribution in [2.24, 2.45) is 0 Å². The number of hydrogen-bond donors (Lipinski definition) is 1. The molecule has 0 amide bonds. The van der Waals surface area contributed by atoms with Crippen LogP contribution in [0.2, 0.25) is 0 Å². The van der Waals surface area contributed by atoms with Gasteiger partial charge in [0, 0.05) is 6.04 Å². The Morgan fingerprint density at radius 2 is 1.41 bits per heavy atom. The quantitative estimate of drug-likeness (QED) is 0.760. The van der Waals surface area contributed by atoms with Crippen molar-refractivity contribution in [3.63, 3.8) is 0 Å². The van der Waals surface area contributed by atoms with E-state index in [4.69, 9.17) is 4.74 Å². The second kappa shape index (κ2) is 6.72. The van der Waals surface area contributed by atoms with Crippen LogP contribution in [0.5, 0.6) is 0 Å². The van der Waals surface area contributed by atoms with Crippen LogP contribution in [-0.4, -0.2) is 23.5 Å². The molecule has 0 aromatic heterocycles. The van der Waals surface area contributed by atoms with Crippen LogP contribution >= 0.6 is 0 Å². The Hall–Kier alpha value is -0.120. The van der Waals surface area contributed by atoms with Crippen LogP contribution < -0.4 is 5.43 Å². The van der Waals surface area contributed by atoms with Crippen LogP contribution in [-0.2, 0) is 4.74 Å². The third-order valence-electron chi connectivity index (χ3n) is 4.09. The van der Waals surface area contributed by atoms with Gasteiger partial charge in [-0.1, -0.05) is 44.9 Å². The summed E-state index contributed by atoms with van der Waals surface area (Å²) in [5.41, 5.74) is 3.47. The minimum atomic E-state index is 0.181. The lowest BCUT2D eigenvalue weighted by molar-refractivity contribution is -0.00191. The van der Waals surface area contributed by atoms with E-state index in [0.29, 0.717) is 6.04 Å². The fourth-order valence-electron chi connectivity index (χ4n) is 3.17. The van der Waals surface area contributed by atoms with Crippen LogP contribution in [0.4, 0.5) is 0 Å². The lowest BCUT2D eigenvalue weighted by Gasteiger charge is -2.30. The fourth-order valence-corrected chi connectivity index (χ4v) is 3.17. The molecule has 0 aromatic carbocycles. The van der Waals surface area contributed by atoms with Crippen molar-refractivity contribution >= 4 is 0 Å². The SMILES string of the molecule is CC1NN(C2CCCCCCCCC2)C(C)O1. The molecule has 2 unspecified atom stereocenters. The van der Waals surface area contributed by atoms with E-state index in [2.05, 4.69) is 24.3 Å². The molecule has 0 bridgehead atoms. The lowest BCUT2D eigenvalue weighted by atomic mass is 9.97. The van der Waals surface area contributed by atoms with Crippen LogP contribution in [0.15, 0.2) is 0 Å². The van der Waals surface area contributed by atoms with E-state index in [1.807, 2.05) is 0 Å². The molecule has 0 radical (unpaired) electrons. The number of nitrogens with zero attached hydrogens (tertiary/aromatic N) is 1. The molecule has 2 aliphatic rings. The van der Waals surface area contributed by atoms with Crippen LogP contribution in [0.3, 0.4) is 0 Å². The Morgan fingerprint density at radius 1 is 0.882 bits per heavy atom. The molecule has 17 heavy (non-hydrogen) atoms. The number of rotatable bonds is 1. The van der Waals surface area contributed by atoms with E-state index in [-0.39, 0.29) is 12.5 Å². The molecule has 2 atom stereocenters. The topological polar surface area (TPSA) is 24.5 Å². The Balaban J connectivity index is 1.87. The largest absolute Gasteiger partial charge is 0.343 e. The molecular formula is C14H28N2O. The predicted octanol–water partition coefficient (Wildman–Crippen LogP) is 3.41. The molecular weight excluding hydrogens is 212 g/mol. The van der Waals surface area contributed by atoms with Crippen LogP contribution in [0, 0.1) is 0 Å². The molecule has 1 saturated carbocycles. The van der Waals surface area contributed by atoms with Crippen molar-refractivity contribution in [1.82, 2.24) is 10.4 Å². The minimum Gasteiger partial charge on any atom is -0.343 e. The van der Waals surface area contributed by atoms with Crippen LogP contribution in [0.25, 0.3) is 0 Å². The summed E-state index contributed by atoms with van der Waals surface area (Å²) in [4.78, 5) is 0. The number of nitrogens with one attached hydrogen (secondary N) is 1. The number of ether oxygens (including phenoxy) is 1.